The van der Waals surface area contributed by atoms with Crippen LogP contribution in [0.5, 0.6) is 0 Å². The van der Waals surface area contributed by atoms with E-state index in [2.05, 4.69) is 18.5 Å². The van der Waals surface area contributed by atoms with Crippen molar-refractivity contribution in [2.24, 2.45) is 8.30 Å². The molecule has 0 aromatic rings. The second-order valence-corrected chi connectivity index (χ2v) is 14.3. The summed E-state index contributed by atoms with van der Waals surface area (Å²) in [7, 11) is -4.25. The summed E-state index contributed by atoms with van der Waals surface area (Å²) in [5.41, 5.74) is 0. The summed E-state index contributed by atoms with van der Waals surface area (Å²) >= 11 is 22.8. The summed E-state index contributed by atoms with van der Waals surface area (Å²) in [6.45, 7) is 4.15. The van der Waals surface area contributed by atoms with Crippen LogP contribution in [0.3, 0.4) is 0 Å². The summed E-state index contributed by atoms with van der Waals surface area (Å²) < 4.78 is 29.5. The second-order valence-electron chi connectivity index (χ2n) is 2.60. The molecule has 13 heteroatoms. The molecule has 2 N–H and O–H groups in total. The molecular formula is C4H12Cl4N4O2P2S. The van der Waals surface area contributed by atoms with Gasteiger partial charge < -0.3 is 0 Å². The number of nitrogens with one attached hydrogen (secondary N) is 2. The average molecular weight is 384 g/mol. The molecule has 0 amide bonds. The van der Waals surface area contributed by atoms with E-state index >= 15 is 0 Å². The van der Waals surface area contributed by atoms with Gasteiger partial charge in [0, 0.05) is 0 Å². The van der Waals surface area contributed by atoms with Crippen molar-refractivity contribution in [2.45, 2.75) is 13.8 Å². The lowest BCUT2D eigenvalue weighted by atomic mass is 10.8. The third-order valence-corrected chi connectivity index (χ3v) is 9.45. The van der Waals surface area contributed by atoms with Crippen LogP contribution in [0.15, 0.2) is 8.30 Å². The molecule has 0 saturated heterocycles. The highest BCUT2D eigenvalue weighted by Gasteiger charge is 2.21. The first kappa shape index (κ1) is 18.5. The molecule has 0 heterocycles. The van der Waals surface area contributed by atoms with Crippen LogP contribution in [0.1, 0.15) is 13.8 Å². The molecule has 0 fully saturated rings. The fourth-order valence-electron chi connectivity index (χ4n) is 0.714. The molecule has 0 aromatic carbocycles. The minimum atomic E-state index is -4.25. The molecule has 0 aliphatic rings. The highest BCUT2D eigenvalue weighted by molar-refractivity contribution is 8.16. The van der Waals surface area contributed by atoms with Crippen LogP contribution in [0.2, 0.25) is 0 Å². The first-order valence-corrected chi connectivity index (χ1v) is 12.8. The van der Waals surface area contributed by atoms with E-state index in [-0.39, 0.29) is 0 Å². The van der Waals surface area contributed by atoms with Crippen LogP contribution in [-0.4, -0.2) is 21.5 Å². The minimum absolute atomic E-state index is 0.370. The third-order valence-electron chi connectivity index (χ3n) is 1.11. The summed E-state index contributed by atoms with van der Waals surface area (Å²) in [5, 5.41) is 5.08. The van der Waals surface area contributed by atoms with Crippen molar-refractivity contribution in [3.05, 3.63) is 0 Å². The fourth-order valence-corrected chi connectivity index (χ4v) is 8.68. The van der Waals surface area contributed by atoms with Crippen LogP contribution >= 0.6 is 56.8 Å². The Balaban J connectivity index is 5.33. The Hall–Kier alpha value is 1.49. The van der Waals surface area contributed by atoms with E-state index in [0.29, 0.717) is 13.1 Å². The number of rotatable bonds is 6. The second kappa shape index (κ2) is 7.32. The number of nitrogens with zero attached hydrogens (tertiary/aromatic N) is 2. The van der Waals surface area contributed by atoms with Gasteiger partial charge in [-0.25, -0.2) is 0 Å². The lowest BCUT2D eigenvalue weighted by Gasteiger charge is -2.10. The molecule has 0 unspecified atom stereocenters. The molecule has 104 valence electrons. The molecule has 0 atom stereocenters. The maximum atomic E-state index is 11.5. The normalized spacial score (nSPS) is 13.5. The lowest BCUT2D eigenvalue weighted by molar-refractivity contribution is 0.601. The zero-order chi connectivity index (χ0) is 13.7. The molecule has 0 saturated carbocycles. The molecule has 0 aromatic heterocycles. The Morgan fingerprint density at radius 3 is 1.47 bits per heavy atom. The standard InChI is InChI=1S/C4H12Cl4N4O2P2S/c1-3-9-15(5,6)11-17(13,14)12-16(7,8)10-4-2/h9-10H,3-4H2,1-2H3. The van der Waals surface area contributed by atoms with Crippen molar-refractivity contribution >= 4 is 67.0 Å². The van der Waals surface area contributed by atoms with Gasteiger partial charge in [-0.15, -0.1) is 8.30 Å². The highest BCUT2D eigenvalue weighted by atomic mass is 35.9. The monoisotopic (exact) mass is 382 g/mol. The molecule has 0 radical (unpaired) electrons. The molecule has 0 bridgehead atoms. The Morgan fingerprint density at radius 2 is 1.24 bits per heavy atom. The minimum Gasteiger partial charge on any atom is -0.259 e. The van der Waals surface area contributed by atoms with Crippen molar-refractivity contribution in [1.82, 2.24) is 10.2 Å². The molecule has 0 aliphatic heterocycles. The fraction of sp³-hybridized carbons (Fsp3) is 1.00. The van der Waals surface area contributed by atoms with Crippen molar-refractivity contribution in [1.29, 1.82) is 0 Å². The maximum absolute atomic E-state index is 11.5. The van der Waals surface area contributed by atoms with Crippen molar-refractivity contribution in [3.8, 4) is 0 Å². The summed E-state index contributed by atoms with van der Waals surface area (Å²) in [6, 6.07) is 0. The Bertz CT molecular complexity index is 418. The number of hydrogen-bond acceptors (Lipinski definition) is 2. The van der Waals surface area contributed by atoms with Gasteiger partial charge in [0.1, 0.15) is 0 Å². The van der Waals surface area contributed by atoms with E-state index in [1.807, 2.05) is 0 Å². The summed E-state index contributed by atoms with van der Waals surface area (Å²) in [4.78, 5) is 0. The van der Waals surface area contributed by atoms with Crippen LogP contribution in [-0.2, 0) is 10.2 Å². The van der Waals surface area contributed by atoms with E-state index in [0.717, 1.165) is 0 Å². The predicted molar refractivity (Wildman–Crippen MR) is 78.4 cm³/mol. The van der Waals surface area contributed by atoms with E-state index in [9.17, 15) is 8.42 Å². The van der Waals surface area contributed by atoms with Crippen LogP contribution < -0.4 is 10.2 Å². The third kappa shape index (κ3) is 9.09. The van der Waals surface area contributed by atoms with Gasteiger partial charge in [-0.3, -0.25) is 10.2 Å². The van der Waals surface area contributed by atoms with Crippen molar-refractivity contribution in [3.63, 3.8) is 0 Å². The topological polar surface area (TPSA) is 82.9 Å². The van der Waals surface area contributed by atoms with Crippen molar-refractivity contribution in [2.75, 3.05) is 13.1 Å². The van der Waals surface area contributed by atoms with Gasteiger partial charge in [-0.2, -0.15) is 8.42 Å². The SMILES string of the molecule is CCNP(Cl)(Cl)=NS(=O)(=O)N=P(Cl)(Cl)NCC. The first-order chi connectivity index (χ1) is 7.54. The van der Waals surface area contributed by atoms with Crippen LogP contribution in [0, 0.1) is 0 Å². The molecule has 0 aliphatic carbocycles. The Kier molecular flexibility index (Phi) is 7.96. The van der Waals surface area contributed by atoms with Crippen LogP contribution in [0.4, 0.5) is 0 Å². The number of hydrogen-bond donors (Lipinski definition) is 2. The number of halogens is 4. The molecular weight excluding hydrogens is 372 g/mol. The quantitative estimate of drug-likeness (QED) is 0.670. The summed E-state index contributed by atoms with van der Waals surface area (Å²) in [5.74, 6) is -6.32. The summed E-state index contributed by atoms with van der Waals surface area (Å²) in [6.07, 6.45) is 0. The van der Waals surface area contributed by atoms with E-state index in [1.54, 1.807) is 13.8 Å². The van der Waals surface area contributed by atoms with Crippen molar-refractivity contribution < 1.29 is 8.42 Å². The lowest BCUT2D eigenvalue weighted by Crippen LogP contribution is -2.05. The Labute approximate surface area is 120 Å². The van der Waals surface area contributed by atoms with E-state index < -0.39 is 22.0 Å². The zero-order valence-electron chi connectivity index (χ0n) is 8.94. The molecule has 6 nitrogen and oxygen atoms in total. The van der Waals surface area contributed by atoms with E-state index in [4.69, 9.17) is 45.0 Å². The van der Waals surface area contributed by atoms with Gasteiger partial charge in [0.25, 0.3) is 0 Å². The van der Waals surface area contributed by atoms with Gasteiger partial charge in [0.05, 0.1) is 0 Å². The van der Waals surface area contributed by atoms with E-state index in [1.165, 1.54) is 0 Å². The highest BCUT2D eigenvalue weighted by Crippen LogP contribution is 2.60. The van der Waals surface area contributed by atoms with Gasteiger partial charge in [-0.05, 0) is 58.1 Å². The largest absolute Gasteiger partial charge is 0.367 e. The molecule has 17 heavy (non-hydrogen) atoms. The maximum Gasteiger partial charge on any atom is 0.367 e. The van der Waals surface area contributed by atoms with Crippen LogP contribution in [0.25, 0.3) is 0 Å². The van der Waals surface area contributed by atoms with Gasteiger partial charge in [0.15, 0.2) is 0 Å². The van der Waals surface area contributed by atoms with Gasteiger partial charge in [-0.1, -0.05) is 13.8 Å². The Morgan fingerprint density at radius 1 is 0.941 bits per heavy atom. The van der Waals surface area contributed by atoms with Gasteiger partial charge >= 0.3 is 10.2 Å². The first-order valence-electron chi connectivity index (χ1n) is 4.34. The average Bonchev–Trinajstić information content (AvgIpc) is 1.96. The zero-order valence-corrected chi connectivity index (χ0v) is 14.6. The predicted octanol–water partition coefficient (Wildman–Crippen LogP) is 4.30. The molecule has 0 spiro atoms. The molecule has 0 rings (SSSR count). The van der Waals surface area contributed by atoms with Gasteiger partial charge in [0.2, 0.25) is 11.8 Å². The smallest absolute Gasteiger partial charge is 0.259 e.